The average molecular weight is 342 g/mol. The van der Waals surface area contributed by atoms with Crippen LogP contribution in [0.25, 0.3) is 21.8 Å². The normalized spacial score (nSPS) is 10.8. The first kappa shape index (κ1) is 15.8. The summed E-state index contributed by atoms with van der Waals surface area (Å²) in [5.74, 6) is -0.520. The van der Waals surface area contributed by atoms with Crippen molar-refractivity contribution in [1.82, 2.24) is 4.98 Å². The summed E-state index contributed by atoms with van der Waals surface area (Å²) in [6.45, 7) is 0. The van der Waals surface area contributed by atoms with Crippen molar-refractivity contribution in [1.29, 1.82) is 0 Å². The zero-order valence-electron chi connectivity index (χ0n) is 13.6. The fourth-order valence-corrected chi connectivity index (χ4v) is 2.93. The summed E-state index contributed by atoms with van der Waals surface area (Å²) in [5.41, 5.74) is 2.26. The zero-order valence-corrected chi connectivity index (χ0v) is 13.6. The molecule has 0 bridgehead atoms. The van der Waals surface area contributed by atoms with E-state index in [4.69, 9.17) is 0 Å². The number of nitrogens with one attached hydrogen (secondary N) is 1. The predicted molar refractivity (Wildman–Crippen MR) is 101 cm³/mol. The van der Waals surface area contributed by atoms with E-state index in [9.17, 15) is 14.7 Å². The monoisotopic (exact) mass is 342 g/mol. The molecule has 0 fully saturated rings. The second-order valence-corrected chi connectivity index (χ2v) is 5.87. The van der Waals surface area contributed by atoms with E-state index in [1.165, 1.54) is 0 Å². The van der Waals surface area contributed by atoms with Crippen molar-refractivity contribution in [3.05, 3.63) is 77.9 Å². The molecule has 0 spiro atoms. The second kappa shape index (κ2) is 6.29. The molecule has 4 aromatic rings. The minimum atomic E-state index is -0.462. The predicted octanol–water partition coefficient (Wildman–Crippen LogP) is 4.16. The molecule has 1 aromatic heterocycles. The van der Waals surface area contributed by atoms with Crippen LogP contribution in [0.3, 0.4) is 0 Å². The molecule has 2 N–H and O–H groups in total. The molecule has 0 aliphatic rings. The lowest BCUT2D eigenvalue weighted by molar-refractivity contribution is 0.101. The number of carbonyl (C=O) groups is 2. The maximum atomic E-state index is 12.5. The number of benzene rings is 3. The third-order valence-electron chi connectivity index (χ3n) is 4.25. The van der Waals surface area contributed by atoms with E-state index in [0.29, 0.717) is 17.2 Å². The number of pyridine rings is 1. The smallest absolute Gasteiger partial charge is 0.256 e. The van der Waals surface area contributed by atoms with Crippen LogP contribution >= 0.6 is 0 Å². The number of hydrogen-bond acceptors (Lipinski definition) is 4. The highest BCUT2D eigenvalue weighted by Crippen LogP contribution is 2.34. The molecule has 5 nitrogen and oxygen atoms in total. The molecule has 0 atom stereocenters. The summed E-state index contributed by atoms with van der Waals surface area (Å²) < 4.78 is 0. The molecule has 1 amide bonds. The number of aldehydes is 1. The Morgan fingerprint density at radius 1 is 0.962 bits per heavy atom. The number of aromatic nitrogens is 1. The van der Waals surface area contributed by atoms with Gasteiger partial charge in [0.15, 0.2) is 6.29 Å². The number of phenols is 1. The molecule has 0 radical (unpaired) electrons. The van der Waals surface area contributed by atoms with Crippen LogP contribution in [0.15, 0.2) is 66.7 Å². The van der Waals surface area contributed by atoms with Crippen LogP contribution in [-0.2, 0) is 0 Å². The third kappa shape index (κ3) is 2.65. The van der Waals surface area contributed by atoms with Crippen LogP contribution in [0.2, 0.25) is 0 Å². The van der Waals surface area contributed by atoms with Gasteiger partial charge in [0.05, 0.1) is 22.3 Å². The topological polar surface area (TPSA) is 79.3 Å². The summed E-state index contributed by atoms with van der Waals surface area (Å²) >= 11 is 0. The molecule has 1 heterocycles. The van der Waals surface area contributed by atoms with Crippen LogP contribution in [0, 0.1) is 0 Å². The Hall–Kier alpha value is -3.73. The molecule has 126 valence electrons. The van der Waals surface area contributed by atoms with E-state index < -0.39 is 5.91 Å². The Balaban J connectivity index is 1.77. The van der Waals surface area contributed by atoms with Crippen molar-refractivity contribution in [2.75, 3.05) is 5.32 Å². The highest BCUT2D eigenvalue weighted by atomic mass is 16.3. The first-order valence-corrected chi connectivity index (χ1v) is 8.04. The Labute approximate surface area is 148 Å². The number of nitrogens with zero attached hydrogens (tertiary/aromatic N) is 1. The lowest BCUT2D eigenvalue weighted by Crippen LogP contribution is -2.14. The van der Waals surface area contributed by atoms with E-state index >= 15 is 0 Å². The van der Waals surface area contributed by atoms with Crippen LogP contribution < -0.4 is 5.32 Å². The number of carbonyl (C=O) groups excluding carboxylic acids is 2. The van der Waals surface area contributed by atoms with Gasteiger partial charge < -0.3 is 10.4 Å². The first-order valence-electron chi connectivity index (χ1n) is 8.04. The number of amides is 1. The number of phenolic OH excluding ortho intramolecular Hbond substituents is 1. The fraction of sp³-hybridized carbons (Fsp3) is 0. The largest absolute Gasteiger partial charge is 0.505 e. The van der Waals surface area contributed by atoms with Crippen LogP contribution in [0.4, 0.5) is 5.69 Å². The van der Waals surface area contributed by atoms with Crippen LogP contribution in [0.5, 0.6) is 5.75 Å². The molecule has 4 rings (SSSR count). The number of fused-ring (bicyclic) bond motifs is 2. The summed E-state index contributed by atoms with van der Waals surface area (Å²) in [5, 5.41) is 14.7. The van der Waals surface area contributed by atoms with Crippen LogP contribution in [0.1, 0.15) is 20.7 Å². The first-order chi connectivity index (χ1) is 12.7. The standard InChI is InChI=1S/C21H14N2O3/c24-12-14-6-1-3-7-15(14)21(26)23-19-10-9-18-16(20(19)25)11-13-5-2-4-8-17(13)22-18/h1-12,25H,(H,23,26). The summed E-state index contributed by atoms with van der Waals surface area (Å²) in [6, 6.07) is 19.3. The molecule has 3 aromatic carbocycles. The van der Waals surface area contributed by atoms with E-state index in [-0.39, 0.29) is 22.6 Å². The Kier molecular flexibility index (Phi) is 3.82. The Morgan fingerprint density at radius 2 is 1.73 bits per heavy atom. The summed E-state index contributed by atoms with van der Waals surface area (Å²) in [6.07, 6.45) is 0.630. The van der Waals surface area contributed by atoms with E-state index in [0.717, 1.165) is 10.9 Å². The number of hydrogen-bond donors (Lipinski definition) is 2. The van der Waals surface area contributed by atoms with Crippen molar-refractivity contribution in [3.63, 3.8) is 0 Å². The summed E-state index contributed by atoms with van der Waals surface area (Å²) in [4.78, 5) is 28.1. The highest BCUT2D eigenvalue weighted by molar-refractivity contribution is 6.10. The molecule has 0 unspecified atom stereocenters. The molecule has 0 aliphatic carbocycles. The number of anilines is 1. The maximum Gasteiger partial charge on any atom is 0.256 e. The van der Waals surface area contributed by atoms with Crippen molar-refractivity contribution in [2.24, 2.45) is 0 Å². The molecule has 0 aliphatic heterocycles. The number of para-hydroxylation sites is 1. The van der Waals surface area contributed by atoms with Crippen molar-refractivity contribution in [2.45, 2.75) is 0 Å². The van der Waals surface area contributed by atoms with Gasteiger partial charge in [-0.25, -0.2) is 4.98 Å². The molecule has 0 saturated heterocycles. The molecular formula is C21H14N2O3. The lowest BCUT2D eigenvalue weighted by Gasteiger charge is -2.11. The lowest BCUT2D eigenvalue weighted by atomic mass is 10.1. The van der Waals surface area contributed by atoms with Gasteiger partial charge in [-0.15, -0.1) is 0 Å². The minimum Gasteiger partial charge on any atom is -0.505 e. The number of aromatic hydroxyl groups is 1. The molecule has 5 heteroatoms. The maximum absolute atomic E-state index is 12.5. The van der Waals surface area contributed by atoms with Gasteiger partial charge in [-0.2, -0.15) is 0 Å². The van der Waals surface area contributed by atoms with Crippen molar-refractivity contribution >= 4 is 39.7 Å². The molecular weight excluding hydrogens is 328 g/mol. The minimum absolute atomic E-state index is 0.0577. The van der Waals surface area contributed by atoms with E-state index in [2.05, 4.69) is 10.3 Å². The highest BCUT2D eigenvalue weighted by Gasteiger charge is 2.14. The fourth-order valence-electron chi connectivity index (χ4n) is 2.93. The number of rotatable bonds is 3. The molecule has 0 saturated carbocycles. The van der Waals surface area contributed by atoms with Gasteiger partial charge in [-0.1, -0.05) is 36.4 Å². The van der Waals surface area contributed by atoms with Gasteiger partial charge in [-0.3, -0.25) is 9.59 Å². The second-order valence-electron chi connectivity index (χ2n) is 5.87. The van der Waals surface area contributed by atoms with Crippen LogP contribution in [-0.4, -0.2) is 22.3 Å². The van der Waals surface area contributed by atoms with Gasteiger partial charge in [0.2, 0.25) is 0 Å². The van der Waals surface area contributed by atoms with Gasteiger partial charge in [-0.05, 0) is 30.3 Å². The van der Waals surface area contributed by atoms with Gasteiger partial charge in [0.1, 0.15) is 5.75 Å². The van der Waals surface area contributed by atoms with Gasteiger partial charge >= 0.3 is 0 Å². The summed E-state index contributed by atoms with van der Waals surface area (Å²) in [7, 11) is 0. The van der Waals surface area contributed by atoms with Gasteiger partial charge in [0, 0.05) is 16.3 Å². The van der Waals surface area contributed by atoms with E-state index in [1.807, 2.05) is 30.3 Å². The molecule has 26 heavy (non-hydrogen) atoms. The van der Waals surface area contributed by atoms with Crippen molar-refractivity contribution in [3.8, 4) is 5.75 Å². The SMILES string of the molecule is O=Cc1ccccc1C(=O)Nc1ccc2nc3ccccc3cc2c1O. The Morgan fingerprint density at radius 3 is 2.58 bits per heavy atom. The Bertz CT molecular complexity index is 1170. The van der Waals surface area contributed by atoms with E-state index in [1.54, 1.807) is 36.4 Å². The zero-order chi connectivity index (χ0) is 18.1. The quantitative estimate of drug-likeness (QED) is 0.333. The van der Waals surface area contributed by atoms with Gasteiger partial charge in [0.25, 0.3) is 5.91 Å². The third-order valence-corrected chi connectivity index (χ3v) is 4.25. The average Bonchev–Trinajstić information content (AvgIpc) is 2.69. The van der Waals surface area contributed by atoms with Crippen molar-refractivity contribution < 1.29 is 14.7 Å².